The van der Waals surface area contributed by atoms with E-state index in [0.717, 1.165) is 13.0 Å². The van der Waals surface area contributed by atoms with E-state index in [4.69, 9.17) is 4.74 Å². The zero-order valence-corrected chi connectivity index (χ0v) is 18.1. The summed E-state index contributed by atoms with van der Waals surface area (Å²) in [6.07, 6.45) is 21.7. The van der Waals surface area contributed by atoms with Crippen molar-refractivity contribution in [2.24, 2.45) is 5.92 Å². The van der Waals surface area contributed by atoms with E-state index in [1.165, 1.54) is 96.3 Å². The Bertz CT molecular complexity index is 292. The van der Waals surface area contributed by atoms with Gasteiger partial charge in [-0.15, -0.1) is 0 Å². The van der Waals surface area contributed by atoms with Gasteiger partial charge in [-0.1, -0.05) is 117 Å². The minimum absolute atomic E-state index is 0.264. The minimum atomic E-state index is -0.264. The summed E-state index contributed by atoms with van der Waals surface area (Å²) >= 11 is 0. The molecule has 1 N–H and O–H groups in total. The number of unbranched alkanes of at least 4 members (excludes halogenated alkanes) is 15. The van der Waals surface area contributed by atoms with E-state index in [1.807, 2.05) is 13.8 Å². The third-order valence-electron chi connectivity index (χ3n) is 4.85. The van der Waals surface area contributed by atoms with E-state index in [1.54, 1.807) is 0 Å². The third kappa shape index (κ3) is 21.3. The Morgan fingerprint density at radius 2 is 1.08 bits per heavy atom. The van der Waals surface area contributed by atoms with Crippen molar-refractivity contribution < 1.29 is 9.53 Å². The SMILES string of the molecule is CCCCCCCCCCCCCCCCCCNC(=O)OCC(C)C. The molecule has 0 atom stereocenters. The summed E-state index contributed by atoms with van der Waals surface area (Å²) in [6, 6.07) is 0. The summed E-state index contributed by atoms with van der Waals surface area (Å²) in [6.45, 7) is 7.62. The molecule has 0 fully saturated rings. The molecule has 0 rings (SSSR count). The number of hydrogen-bond donors (Lipinski definition) is 1. The summed E-state index contributed by atoms with van der Waals surface area (Å²) in [5.74, 6) is 0.399. The van der Waals surface area contributed by atoms with Crippen LogP contribution in [0.4, 0.5) is 4.79 Å². The van der Waals surface area contributed by atoms with E-state index in [0.29, 0.717) is 12.5 Å². The van der Waals surface area contributed by atoms with Crippen molar-refractivity contribution >= 4 is 6.09 Å². The topological polar surface area (TPSA) is 38.3 Å². The first kappa shape index (κ1) is 25.3. The van der Waals surface area contributed by atoms with Gasteiger partial charge in [0.15, 0.2) is 0 Å². The van der Waals surface area contributed by atoms with Crippen LogP contribution >= 0.6 is 0 Å². The lowest BCUT2D eigenvalue weighted by molar-refractivity contribution is 0.133. The third-order valence-corrected chi connectivity index (χ3v) is 4.85. The molecule has 26 heavy (non-hydrogen) atoms. The number of ether oxygens (including phenoxy) is 1. The van der Waals surface area contributed by atoms with E-state index < -0.39 is 0 Å². The second-order valence-corrected chi connectivity index (χ2v) is 8.22. The largest absolute Gasteiger partial charge is 0.449 e. The molecule has 1 amide bonds. The Hall–Kier alpha value is -0.730. The second-order valence-electron chi connectivity index (χ2n) is 8.22. The number of amides is 1. The standard InChI is InChI=1S/C23H47NO2/c1-4-5-6-7-8-9-10-11-12-13-14-15-16-17-18-19-20-24-23(25)26-21-22(2)3/h22H,4-21H2,1-3H3,(H,24,25). The van der Waals surface area contributed by atoms with Crippen LogP contribution in [0.25, 0.3) is 0 Å². The molecule has 3 heteroatoms. The molecule has 0 saturated heterocycles. The lowest BCUT2D eigenvalue weighted by atomic mass is 10.0. The molecule has 0 spiro atoms. The molecular formula is C23H47NO2. The van der Waals surface area contributed by atoms with Crippen LogP contribution in [-0.4, -0.2) is 19.2 Å². The van der Waals surface area contributed by atoms with Gasteiger partial charge in [0.1, 0.15) is 0 Å². The Kier molecular flexibility index (Phi) is 20.0. The Balaban J connectivity index is 3.08. The number of alkyl carbamates (subject to hydrolysis) is 1. The molecule has 0 saturated carbocycles. The van der Waals surface area contributed by atoms with Crippen molar-refractivity contribution in [3.63, 3.8) is 0 Å². The molecule has 0 aliphatic carbocycles. The number of nitrogens with one attached hydrogen (secondary N) is 1. The van der Waals surface area contributed by atoms with E-state index in [9.17, 15) is 4.79 Å². The summed E-state index contributed by atoms with van der Waals surface area (Å²) < 4.78 is 5.08. The lowest BCUT2D eigenvalue weighted by Crippen LogP contribution is -2.26. The van der Waals surface area contributed by atoms with Gasteiger partial charge < -0.3 is 10.1 Å². The lowest BCUT2D eigenvalue weighted by Gasteiger charge is -2.08. The molecule has 0 bridgehead atoms. The van der Waals surface area contributed by atoms with Crippen molar-refractivity contribution in [1.29, 1.82) is 0 Å². The summed E-state index contributed by atoms with van der Waals surface area (Å²) in [5.41, 5.74) is 0. The highest BCUT2D eigenvalue weighted by Gasteiger charge is 2.02. The molecule has 0 aromatic rings. The van der Waals surface area contributed by atoms with Gasteiger partial charge in [0, 0.05) is 6.54 Å². The molecule has 156 valence electrons. The normalized spacial score (nSPS) is 11.1. The molecule has 0 aromatic heterocycles. The average molecular weight is 370 g/mol. The number of carbonyl (C=O) groups is 1. The maximum absolute atomic E-state index is 11.4. The average Bonchev–Trinajstić information content (AvgIpc) is 2.62. The van der Waals surface area contributed by atoms with Crippen molar-refractivity contribution in [2.45, 2.75) is 124 Å². The quantitative estimate of drug-likeness (QED) is 0.238. The Labute approximate surface area is 164 Å². The van der Waals surface area contributed by atoms with Gasteiger partial charge in [-0.3, -0.25) is 0 Å². The van der Waals surface area contributed by atoms with Crippen LogP contribution in [0.5, 0.6) is 0 Å². The molecule has 3 nitrogen and oxygen atoms in total. The zero-order chi connectivity index (χ0) is 19.3. The molecular weight excluding hydrogens is 322 g/mol. The maximum atomic E-state index is 11.4. The van der Waals surface area contributed by atoms with Crippen LogP contribution in [0.1, 0.15) is 124 Å². The predicted molar refractivity (Wildman–Crippen MR) is 114 cm³/mol. The Morgan fingerprint density at radius 3 is 1.46 bits per heavy atom. The maximum Gasteiger partial charge on any atom is 0.407 e. The van der Waals surface area contributed by atoms with Crippen LogP contribution in [0.3, 0.4) is 0 Å². The van der Waals surface area contributed by atoms with Gasteiger partial charge in [0.05, 0.1) is 6.61 Å². The highest BCUT2D eigenvalue weighted by molar-refractivity contribution is 5.66. The monoisotopic (exact) mass is 369 g/mol. The van der Waals surface area contributed by atoms with Crippen molar-refractivity contribution in [3.05, 3.63) is 0 Å². The predicted octanol–water partition coefficient (Wildman–Crippen LogP) is 7.63. The molecule has 0 aromatic carbocycles. The van der Waals surface area contributed by atoms with Crippen LogP contribution in [0.15, 0.2) is 0 Å². The number of hydrogen-bond acceptors (Lipinski definition) is 2. The molecule has 0 unspecified atom stereocenters. The smallest absolute Gasteiger partial charge is 0.407 e. The van der Waals surface area contributed by atoms with Crippen molar-refractivity contribution in [2.75, 3.05) is 13.2 Å². The number of carbonyl (C=O) groups excluding carboxylic acids is 1. The van der Waals surface area contributed by atoms with E-state index in [2.05, 4.69) is 12.2 Å². The van der Waals surface area contributed by atoms with Crippen molar-refractivity contribution in [3.8, 4) is 0 Å². The molecule has 0 aliphatic heterocycles. The summed E-state index contributed by atoms with van der Waals surface area (Å²) in [5, 5.41) is 2.83. The molecule has 0 radical (unpaired) electrons. The van der Waals surface area contributed by atoms with E-state index in [-0.39, 0.29) is 6.09 Å². The van der Waals surface area contributed by atoms with Gasteiger partial charge in [0.2, 0.25) is 0 Å². The first-order valence-corrected chi connectivity index (χ1v) is 11.6. The van der Waals surface area contributed by atoms with Crippen LogP contribution in [0, 0.1) is 5.92 Å². The molecule has 0 aliphatic rings. The first-order valence-electron chi connectivity index (χ1n) is 11.6. The fourth-order valence-corrected chi connectivity index (χ4v) is 3.16. The zero-order valence-electron chi connectivity index (χ0n) is 18.1. The first-order chi connectivity index (χ1) is 12.7. The number of rotatable bonds is 19. The Morgan fingerprint density at radius 1 is 0.692 bits per heavy atom. The van der Waals surface area contributed by atoms with E-state index >= 15 is 0 Å². The van der Waals surface area contributed by atoms with Gasteiger partial charge in [-0.05, 0) is 12.3 Å². The summed E-state index contributed by atoms with van der Waals surface area (Å²) in [7, 11) is 0. The second kappa shape index (κ2) is 20.6. The van der Waals surface area contributed by atoms with Crippen LogP contribution < -0.4 is 5.32 Å². The molecule has 0 heterocycles. The fraction of sp³-hybridized carbons (Fsp3) is 0.957. The van der Waals surface area contributed by atoms with Crippen LogP contribution in [0.2, 0.25) is 0 Å². The van der Waals surface area contributed by atoms with Crippen molar-refractivity contribution in [1.82, 2.24) is 5.32 Å². The van der Waals surface area contributed by atoms with Gasteiger partial charge >= 0.3 is 6.09 Å². The van der Waals surface area contributed by atoms with Gasteiger partial charge in [-0.2, -0.15) is 0 Å². The highest BCUT2D eigenvalue weighted by Crippen LogP contribution is 2.13. The summed E-state index contributed by atoms with van der Waals surface area (Å²) in [4.78, 5) is 11.4. The minimum Gasteiger partial charge on any atom is -0.449 e. The highest BCUT2D eigenvalue weighted by atomic mass is 16.5. The van der Waals surface area contributed by atoms with Crippen LogP contribution in [-0.2, 0) is 4.74 Å². The fourth-order valence-electron chi connectivity index (χ4n) is 3.16. The van der Waals surface area contributed by atoms with Gasteiger partial charge in [0.25, 0.3) is 0 Å². The van der Waals surface area contributed by atoms with Gasteiger partial charge in [-0.25, -0.2) is 4.79 Å².